The topological polar surface area (TPSA) is 58.6 Å². The number of allylic oxidation sites excluding steroid dienone is 1. The molecule has 1 N–H and O–H groups in total. The predicted octanol–water partition coefficient (Wildman–Crippen LogP) is 3.92. The van der Waals surface area contributed by atoms with Gasteiger partial charge < -0.3 is 10.1 Å². The Balaban J connectivity index is 2.68. The minimum atomic E-state index is -0.758. The molecule has 0 saturated carbocycles. The van der Waals surface area contributed by atoms with Gasteiger partial charge in [-0.05, 0) is 32.9 Å². The molecule has 1 atom stereocenters. The van der Waals surface area contributed by atoms with Crippen molar-refractivity contribution in [3.63, 3.8) is 0 Å². The number of nitrogens with one attached hydrogen (secondary N) is 1. The highest BCUT2D eigenvalue weighted by molar-refractivity contribution is 6.36. The van der Waals surface area contributed by atoms with Gasteiger partial charge in [0.25, 0.3) is 0 Å². The van der Waals surface area contributed by atoms with Gasteiger partial charge in [0.2, 0.25) is 0 Å². The molecule has 1 aromatic carbocycles. The molecule has 1 aliphatic heterocycles. The van der Waals surface area contributed by atoms with Crippen LogP contribution in [0.3, 0.4) is 0 Å². The lowest BCUT2D eigenvalue weighted by atomic mass is 9.94. The number of hydrogen-bond acceptors (Lipinski definition) is 3. The Morgan fingerprint density at radius 3 is 2.35 bits per heavy atom. The van der Waals surface area contributed by atoms with Crippen LogP contribution in [0.4, 0.5) is 4.79 Å². The minimum absolute atomic E-state index is 0.114. The molecule has 0 aliphatic carbocycles. The number of amides is 2. The van der Waals surface area contributed by atoms with Gasteiger partial charge in [-0.3, -0.25) is 4.90 Å². The van der Waals surface area contributed by atoms with Crippen LogP contribution in [0, 0.1) is 0 Å². The van der Waals surface area contributed by atoms with Gasteiger partial charge in [-0.2, -0.15) is 0 Å². The predicted molar refractivity (Wildman–Crippen MR) is 89.4 cm³/mol. The molecule has 0 unspecified atom stereocenters. The first-order chi connectivity index (χ1) is 10.8. The zero-order valence-electron chi connectivity index (χ0n) is 13.3. The highest BCUT2D eigenvalue weighted by Crippen LogP contribution is 2.38. The summed E-state index contributed by atoms with van der Waals surface area (Å²) in [5, 5.41) is 3.54. The highest BCUT2D eigenvalue weighted by Gasteiger charge is 2.38. The number of halogens is 2. The molecule has 0 bridgehead atoms. The number of hydrogen-bond donors (Lipinski definition) is 1. The van der Waals surface area contributed by atoms with E-state index in [1.54, 1.807) is 25.1 Å². The Morgan fingerprint density at radius 2 is 1.87 bits per heavy atom. The summed E-state index contributed by atoms with van der Waals surface area (Å²) >= 11 is 12.5. The van der Waals surface area contributed by atoms with Gasteiger partial charge >= 0.3 is 12.0 Å². The molecule has 0 radical (unpaired) electrons. The summed E-state index contributed by atoms with van der Waals surface area (Å²) in [5.41, 5.74) is 1.32. The Hall–Kier alpha value is -1.72. The Morgan fingerprint density at radius 1 is 1.30 bits per heavy atom. The SMILES string of the molecule is COC(=O)C1=C(C)N(C(C)C)C(=O)N[C@H]1c1c(Cl)cccc1Cl. The average Bonchev–Trinajstić information content (AvgIpc) is 2.45. The largest absolute Gasteiger partial charge is 0.466 e. The standard InChI is InChI=1S/C16H18Cl2N2O3/c1-8(2)20-9(3)12(15(21)23-4)14(19-16(20)22)13-10(17)6-5-7-11(13)18/h5-8,14H,1-4H3,(H,19,22)/t14-/m1/s1. The maximum atomic E-state index is 12.5. The van der Waals surface area contributed by atoms with Gasteiger partial charge in [0.1, 0.15) is 0 Å². The Labute approximate surface area is 145 Å². The molecule has 1 aliphatic rings. The summed E-state index contributed by atoms with van der Waals surface area (Å²) in [6, 6.07) is 3.84. The molecule has 23 heavy (non-hydrogen) atoms. The number of nitrogens with zero attached hydrogens (tertiary/aromatic N) is 1. The molecule has 7 heteroatoms. The third kappa shape index (κ3) is 3.16. The first-order valence-corrected chi connectivity index (χ1v) is 7.87. The van der Waals surface area contributed by atoms with Crippen molar-refractivity contribution in [3.05, 3.63) is 45.1 Å². The van der Waals surface area contributed by atoms with E-state index >= 15 is 0 Å². The zero-order valence-corrected chi connectivity index (χ0v) is 14.8. The summed E-state index contributed by atoms with van der Waals surface area (Å²) in [6.07, 6.45) is 0. The number of benzene rings is 1. The van der Waals surface area contributed by atoms with Crippen molar-refractivity contribution in [1.29, 1.82) is 0 Å². The van der Waals surface area contributed by atoms with Gasteiger partial charge in [-0.15, -0.1) is 0 Å². The number of urea groups is 1. The van der Waals surface area contributed by atoms with Crippen molar-refractivity contribution in [3.8, 4) is 0 Å². The van der Waals surface area contributed by atoms with Gasteiger partial charge in [0, 0.05) is 27.3 Å². The second-order valence-electron chi connectivity index (χ2n) is 5.47. The van der Waals surface area contributed by atoms with Crippen LogP contribution >= 0.6 is 23.2 Å². The lowest BCUT2D eigenvalue weighted by Crippen LogP contribution is -2.50. The average molecular weight is 357 g/mol. The van der Waals surface area contributed by atoms with Crippen LogP contribution < -0.4 is 5.32 Å². The molecule has 2 rings (SSSR count). The summed E-state index contributed by atoms with van der Waals surface area (Å²) in [4.78, 5) is 26.3. The quantitative estimate of drug-likeness (QED) is 0.835. The van der Waals surface area contributed by atoms with E-state index in [9.17, 15) is 9.59 Å². The fourth-order valence-corrected chi connectivity index (χ4v) is 3.37. The van der Waals surface area contributed by atoms with Crippen LogP contribution in [0.25, 0.3) is 0 Å². The Bertz CT molecular complexity index is 666. The number of rotatable bonds is 3. The molecule has 0 fully saturated rings. The van der Waals surface area contributed by atoms with E-state index in [0.29, 0.717) is 26.9 Å². The van der Waals surface area contributed by atoms with Crippen LogP contribution in [-0.2, 0) is 9.53 Å². The van der Waals surface area contributed by atoms with E-state index in [0.717, 1.165) is 0 Å². The van der Waals surface area contributed by atoms with Crippen LogP contribution in [0.1, 0.15) is 32.4 Å². The highest BCUT2D eigenvalue weighted by atomic mass is 35.5. The third-order valence-electron chi connectivity index (χ3n) is 3.74. The fourth-order valence-electron chi connectivity index (χ4n) is 2.76. The number of carbonyl (C=O) groups excluding carboxylic acids is 2. The minimum Gasteiger partial charge on any atom is -0.466 e. The molecule has 1 heterocycles. The monoisotopic (exact) mass is 356 g/mol. The summed E-state index contributed by atoms with van der Waals surface area (Å²) in [6.45, 7) is 5.43. The van der Waals surface area contributed by atoms with Crippen molar-refractivity contribution < 1.29 is 14.3 Å². The van der Waals surface area contributed by atoms with E-state index in [2.05, 4.69) is 5.32 Å². The van der Waals surface area contributed by atoms with E-state index in [4.69, 9.17) is 27.9 Å². The summed E-state index contributed by atoms with van der Waals surface area (Å²) < 4.78 is 4.89. The van der Waals surface area contributed by atoms with E-state index in [1.807, 2.05) is 13.8 Å². The molecule has 0 spiro atoms. The van der Waals surface area contributed by atoms with Crippen molar-refractivity contribution >= 4 is 35.2 Å². The summed E-state index contributed by atoms with van der Waals surface area (Å²) in [5.74, 6) is -0.533. The van der Waals surface area contributed by atoms with E-state index < -0.39 is 12.0 Å². The van der Waals surface area contributed by atoms with Crippen molar-refractivity contribution in [2.24, 2.45) is 0 Å². The second-order valence-corrected chi connectivity index (χ2v) is 6.29. The molecular weight excluding hydrogens is 339 g/mol. The number of ether oxygens (including phenoxy) is 1. The molecule has 1 aromatic rings. The van der Waals surface area contributed by atoms with Crippen molar-refractivity contribution in [1.82, 2.24) is 10.2 Å². The second kappa shape index (κ2) is 6.81. The van der Waals surface area contributed by atoms with Gasteiger partial charge in [-0.1, -0.05) is 29.3 Å². The number of methoxy groups -OCH3 is 1. The van der Waals surface area contributed by atoms with Crippen LogP contribution in [0.5, 0.6) is 0 Å². The number of esters is 1. The Kier molecular flexibility index (Phi) is 5.22. The maximum Gasteiger partial charge on any atom is 0.337 e. The maximum absolute atomic E-state index is 12.5. The molecular formula is C16H18Cl2N2O3. The zero-order chi connectivity index (χ0) is 17.3. The normalized spacial score (nSPS) is 18.3. The van der Waals surface area contributed by atoms with Crippen molar-refractivity contribution in [2.45, 2.75) is 32.9 Å². The lowest BCUT2D eigenvalue weighted by Gasteiger charge is -2.37. The fraction of sp³-hybridized carbons (Fsp3) is 0.375. The van der Waals surface area contributed by atoms with Crippen LogP contribution in [0.2, 0.25) is 10.0 Å². The van der Waals surface area contributed by atoms with Gasteiger partial charge in [-0.25, -0.2) is 9.59 Å². The first kappa shape index (κ1) is 17.6. The summed E-state index contributed by atoms with van der Waals surface area (Å²) in [7, 11) is 1.30. The van der Waals surface area contributed by atoms with Gasteiger partial charge in [0.05, 0.1) is 18.7 Å². The molecule has 0 saturated heterocycles. The molecule has 124 valence electrons. The lowest BCUT2D eigenvalue weighted by molar-refractivity contribution is -0.136. The van der Waals surface area contributed by atoms with E-state index in [1.165, 1.54) is 12.0 Å². The number of carbonyl (C=O) groups is 2. The van der Waals surface area contributed by atoms with Crippen molar-refractivity contribution in [2.75, 3.05) is 7.11 Å². The van der Waals surface area contributed by atoms with Crippen LogP contribution in [0.15, 0.2) is 29.5 Å². The molecule has 0 aromatic heterocycles. The third-order valence-corrected chi connectivity index (χ3v) is 4.40. The molecule has 5 nitrogen and oxygen atoms in total. The van der Waals surface area contributed by atoms with E-state index in [-0.39, 0.29) is 12.1 Å². The molecule has 2 amide bonds. The smallest absolute Gasteiger partial charge is 0.337 e. The van der Waals surface area contributed by atoms with Crippen LogP contribution in [-0.4, -0.2) is 30.1 Å². The first-order valence-electron chi connectivity index (χ1n) is 7.12. The van der Waals surface area contributed by atoms with Gasteiger partial charge in [0.15, 0.2) is 0 Å².